The fraction of sp³-hybridized carbons (Fsp3) is 0.250. The van der Waals surface area contributed by atoms with E-state index in [0.29, 0.717) is 6.42 Å². The van der Waals surface area contributed by atoms with Crippen LogP contribution in [0.3, 0.4) is 0 Å². The zero-order valence-electron chi connectivity index (χ0n) is 10.4. The highest BCUT2D eigenvalue weighted by atomic mass is 32.2. The van der Waals surface area contributed by atoms with Gasteiger partial charge in [0.1, 0.15) is 17.3 Å². The number of rotatable bonds is 6. The van der Waals surface area contributed by atoms with Crippen molar-refractivity contribution in [2.75, 3.05) is 6.61 Å². The Morgan fingerprint density at radius 2 is 2.11 bits per heavy atom. The minimum atomic E-state index is -4.06. The third kappa shape index (κ3) is 4.08. The number of carbonyl (C=O) groups is 1. The smallest absolute Gasteiger partial charge is 0.335 e. The summed E-state index contributed by atoms with van der Waals surface area (Å²) < 4.78 is 28.1. The van der Waals surface area contributed by atoms with E-state index in [1.165, 1.54) is 12.1 Å². The zero-order chi connectivity index (χ0) is 14.6. The second-order valence-corrected chi connectivity index (χ2v) is 5.43. The maximum absolute atomic E-state index is 11.4. The molecular weight excluding hydrogens is 270 g/mol. The van der Waals surface area contributed by atoms with Crippen LogP contribution >= 0.6 is 0 Å². The van der Waals surface area contributed by atoms with Crippen LogP contribution in [0.15, 0.2) is 35.2 Å². The summed E-state index contributed by atoms with van der Waals surface area (Å²) in [7, 11) is -4.06. The maximum Gasteiger partial charge on any atom is 0.335 e. The minimum absolute atomic E-state index is 0.0158. The Labute approximate surface area is 111 Å². The summed E-state index contributed by atoms with van der Waals surface area (Å²) >= 11 is 0. The van der Waals surface area contributed by atoms with E-state index in [1.54, 1.807) is 0 Å². The predicted molar refractivity (Wildman–Crippen MR) is 69.7 cm³/mol. The van der Waals surface area contributed by atoms with Gasteiger partial charge in [-0.3, -0.25) is 0 Å². The van der Waals surface area contributed by atoms with E-state index >= 15 is 0 Å². The molecule has 0 atom stereocenters. The van der Waals surface area contributed by atoms with Gasteiger partial charge < -0.3 is 9.84 Å². The number of primary sulfonamides is 1. The first-order chi connectivity index (χ1) is 8.75. The molecule has 0 bridgehead atoms. The second kappa shape index (κ2) is 5.85. The van der Waals surface area contributed by atoms with Gasteiger partial charge >= 0.3 is 5.97 Å². The van der Waals surface area contributed by atoms with E-state index in [1.807, 2.05) is 6.92 Å². The summed E-state index contributed by atoms with van der Waals surface area (Å²) in [4.78, 5) is 10.5. The first kappa shape index (κ1) is 15.2. The summed E-state index contributed by atoms with van der Waals surface area (Å²) in [6.45, 7) is 5.76. The lowest BCUT2D eigenvalue weighted by Crippen LogP contribution is -2.15. The van der Waals surface area contributed by atoms with Crippen LogP contribution in [0.25, 0.3) is 0 Å². The van der Waals surface area contributed by atoms with Gasteiger partial charge in [0, 0.05) is 0 Å². The standard InChI is InChI=1S/C12H15NO5S/c1-3-8(2)7-18-10-5-4-9(12(14)15)6-11(10)19(13,16)17/h4-6H,2-3,7H2,1H3,(H,14,15)(H2,13,16,17). The number of nitrogens with two attached hydrogens (primary N) is 1. The van der Waals surface area contributed by atoms with Crippen LogP contribution in [0.5, 0.6) is 5.75 Å². The van der Waals surface area contributed by atoms with Crippen LogP contribution < -0.4 is 9.88 Å². The highest BCUT2D eigenvalue weighted by Gasteiger charge is 2.18. The molecule has 19 heavy (non-hydrogen) atoms. The Balaban J connectivity index is 3.17. The molecule has 0 aromatic heterocycles. The van der Waals surface area contributed by atoms with Gasteiger partial charge in [0.05, 0.1) is 5.56 Å². The van der Waals surface area contributed by atoms with Gasteiger partial charge in [-0.2, -0.15) is 0 Å². The number of hydrogen-bond acceptors (Lipinski definition) is 4. The molecular formula is C12H15NO5S. The van der Waals surface area contributed by atoms with Crippen LogP contribution in [0.4, 0.5) is 0 Å². The monoisotopic (exact) mass is 285 g/mol. The maximum atomic E-state index is 11.4. The molecule has 0 saturated heterocycles. The Morgan fingerprint density at radius 1 is 1.47 bits per heavy atom. The van der Waals surface area contributed by atoms with Crippen molar-refractivity contribution in [1.29, 1.82) is 0 Å². The minimum Gasteiger partial charge on any atom is -0.488 e. The molecule has 0 heterocycles. The summed E-state index contributed by atoms with van der Waals surface area (Å²) in [6, 6.07) is 3.49. The van der Waals surface area contributed by atoms with Crippen molar-refractivity contribution in [2.24, 2.45) is 5.14 Å². The van der Waals surface area contributed by atoms with Gasteiger partial charge in [0.25, 0.3) is 0 Å². The topological polar surface area (TPSA) is 107 Å². The average Bonchev–Trinajstić information content (AvgIpc) is 2.34. The molecule has 0 unspecified atom stereocenters. The molecule has 6 nitrogen and oxygen atoms in total. The molecule has 1 aromatic rings. The molecule has 0 aliphatic carbocycles. The number of ether oxygens (including phenoxy) is 1. The van der Waals surface area contributed by atoms with E-state index in [4.69, 9.17) is 15.0 Å². The van der Waals surface area contributed by atoms with Crippen LogP contribution in [0.1, 0.15) is 23.7 Å². The molecule has 0 aliphatic heterocycles. The average molecular weight is 285 g/mol. The Bertz CT molecular complexity index is 607. The number of carboxylic acids is 1. The van der Waals surface area contributed by atoms with Crippen molar-refractivity contribution < 1.29 is 23.1 Å². The van der Waals surface area contributed by atoms with Crippen LogP contribution in [-0.4, -0.2) is 26.1 Å². The normalized spacial score (nSPS) is 11.1. The molecule has 7 heteroatoms. The summed E-state index contributed by atoms with van der Waals surface area (Å²) in [5, 5.41) is 13.9. The van der Waals surface area contributed by atoms with Crippen molar-refractivity contribution in [2.45, 2.75) is 18.2 Å². The number of aromatic carboxylic acids is 1. The van der Waals surface area contributed by atoms with Crippen molar-refractivity contribution in [3.05, 3.63) is 35.9 Å². The molecule has 0 amide bonds. The van der Waals surface area contributed by atoms with Crippen LogP contribution in [0.2, 0.25) is 0 Å². The Kier molecular flexibility index (Phi) is 4.68. The van der Waals surface area contributed by atoms with Gasteiger partial charge in [-0.25, -0.2) is 18.4 Å². The van der Waals surface area contributed by atoms with E-state index in [-0.39, 0.29) is 22.8 Å². The van der Waals surface area contributed by atoms with Gasteiger partial charge in [0.2, 0.25) is 10.0 Å². The van der Waals surface area contributed by atoms with Gasteiger partial charge in [-0.15, -0.1) is 0 Å². The lowest BCUT2D eigenvalue weighted by molar-refractivity contribution is 0.0696. The van der Waals surface area contributed by atoms with Gasteiger partial charge in [-0.1, -0.05) is 13.5 Å². The van der Waals surface area contributed by atoms with E-state index in [2.05, 4.69) is 6.58 Å². The third-order valence-electron chi connectivity index (χ3n) is 2.43. The molecule has 0 radical (unpaired) electrons. The fourth-order valence-electron chi connectivity index (χ4n) is 1.26. The van der Waals surface area contributed by atoms with E-state index in [9.17, 15) is 13.2 Å². The molecule has 0 saturated carbocycles. The van der Waals surface area contributed by atoms with Gasteiger partial charge in [-0.05, 0) is 30.2 Å². The molecule has 1 rings (SSSR count). The third-order valence-corrected chi connectivity index (χ3v) is 3.36. The van der Waals surface area contributed by atoms with E-state index < -0.39 is 16.0 Å². The Morgan fingerprint density at radius 3 is 2.58 bits per heavy atom. The predicted octanol–water partition coefficient (Wildman–Crippen LogP) is 1.38. The van der Waals surface area contributed by atoms with Crippen molar-refractivity contribution >= 4 is 16.0 Å². The van der Waals surface area contributed by atoms with Crippen LogP contribution in [-0.2, 0) is 10.0 Å². The SMILES string of the molecule is C=C(CC)COc1ccc(C(=O)O)cc1S(N)(=O)=O. The Hall–Kier alpha value is -1.86. The summed E-state index contributed by atoms with van der Waals surface area (Å²) in [5.74, 6) is -1.23. The number of sulfonamides is 1. The lowest BCUT2D eigenvalue weighted by atomic mass is 10.2. The fourth-order valence-corrected chi connectivity index (χ4v) is 1.96. The highest BCUT2D eigenvalue weighted by Crippen LogP contribution is 2.24. The highest BCUT2D eigenvalue weighted by molar-refractivity contribution is 7.89. The second-order valence-electron chi connectivity index (χ2n) is 3.90. The first-order valence-electron chi connectivity index (χ1n) is 5.45. The zero-order valence-corrected chi connectivity index (χ0v) is 11.2. The van der Waals surface area contributed by atoms with E-state index in [0.717, 1.165) is 11.6 Å². The van der Waals surface area contributed by atoms with Crippen molar-refractivity contribution in [1.82, 2.24) is 0 Å². The lowest BCUT2D eigenvalue weighted by Gasteiger charge is -2.11. The molecule has 1 aromatic carbocycles. The molecule has 104 valence electrons. The largest absolute Gasteiger partial charge is 0.488 e. The number of benzene rings is 1. The van der Waals surface area contributed by atoms with Crippen molar-refractivity contribution in [3.63, 3.8) is 0 Å². The molecule has 0 spiro atoms. The molecule has 0 fully saturated rings. The molecule has 3 N–H and O–H groups in total. The van der Waals surface area contributed by atoms with Crippen molar-refractivity contribution in [3.8, 4) is 5.75 Å². The number of carboxylic acid groups (broad SMARTS) is 1. The molecule has 0 aliphatic rings. The quantitative estimate of drug-likeness (QED) is 0.768. The first-order valence-corrected chi connectivity index (χ1v) is 7.00. The summed E-state index contributed by atoms with van der Waals surface area (Å²) in [6.07, 6.45) is 0.692. The van der Waals surface area contributed by atoms with Gasteiger partial charge in [0.15, 0.2) is 0 Å². The van der Waals surface area contributed by atoms with Crippen LogP contribution in [0, 0.1) is 0 Å². The number of hydrogen-bond donors (Lipinski definition) is 2. The summed E-state index contributed by atoms with van der Waals surface area (Å²) in [5.41, 5.74) is 0.605.